The maximum absolute atomic E-state index is 13.5. The molecule has 1 aliphatic rings. The second-order valence-corrected chi connectivity index (χ2v) is 4.50. The van der Waals surface area contributed by atoms with E-state index in [-0.39, 0.29) is 35.7 Å². The smallest absolute Gasteiger partial charge is 0.251 e. The Labute approximate surface area is 117 Å². The molecule has 1 atom stereocenters. The van der Waals surface area contributed by atoms with Crippen molar-refractivity contribution in [2.24, 2.45) is 11.7 Å². The molecular formula is C13H18ClFN2O2. The molecule has 0 aliphatic heterocycles. The first-order valence-corrected chi connectivity index (χ1v) is 6.00. The Bertz CT molecular complexity index is 452. The van der Waals surface area contributed by atoms with Crippen molar-refractivity contribution in [1.29, 1.82) is 0 Å². The summed E-state index contributed by atoms with van der Waals surface area (Å²) >= 11 is 0. The lowest BCUT2D eigenvalue weighted by atomic mass is 10.1. The number of amides is 1. The summed E-state index contributed by atoms with van der Waals surface area (Å²) in [6.45, 7) is 0.412. The minimum Gasteiger partial charge on any atom is -0.494 e. The number of ether oxygens (including phenoxy) is 1. The van der Waals surface area contributed by atoms with Crippen LogP contribution < -0.4 is 15.8 Å². The van der Waals surface area contributed by atoms with Gasteiger partial charge in [-0.05, 0) is 37.0 Å². The van der Waals surface area contributed by atoms with Crippen LogP contribution in [-0.2, 0) is 0 Å². The molecule has 1 aromatic rings. The molecule has 0 bridgehead atoms. The highest BCUT2D eigenvalue weighted by molar-refractivity contribution is 5.94. The largest absolute Gasteiger partial charge is 0.494 e. The van der Waals surface area contributed by atoms with Crippen LogP contribution in [0.5, 0.6) is 5.75 Å². The summed E-state index contributed by atoms with van der Waals surface area (Å²) in [5.74, 6) is -0.231. The van der Waals surface area contributed by atoms with E-state index in [4.69, 9.17) is 10.5 Å². The van der Waals surface area contributed by atoms with Crippen LogP contribution in [0.25, 0.3) is 0 Å². The molecular weight excluding hydrogens is 271 g/mol. The van der Waals surface area contributed by atoms with Gasteiger partial charge in [-0.3, -0.25) is 4.79 Å². The van der Waals surface area contributed by atoms with Crippen molar-refractivity contribution in [3.8, 4) is 5.75 Å². The highest BCUT2D eigenvalue weighted by Gasteiger charge is 2.31. The van der Waals surface area contributed by atoms with Crippen LogP contribution in [0.1, 0.15) is 23.2 Å². The molecule has 0 radical (unpaired) electrons. The fraction of sp³-hybridized carbons (Fsp3) is 0.462. The molecule has 0 saturated heterocycles. The number of nitrogens with two attached hydrogens (primary N) is 1. The van der Waals surface area contributed by atoms with Gasteiger partial charge in [-0.2, -0.15) is 0 Å². The van der Waals surface area contributed by atoms with Crippen LogP contribution >= 0.6 is 12.4 Å². The normalized spacial score (nSPS) is 15.3. The molecule has 3 N–H and O–H groups in total. The van der Waals surface area contributed by atoms with Gasteiger partial charge in [0, 0.05) is 18.2 Å². The molecule has 1 amide bonds. The zero-order valence-corrected chi connectivity index (χ0v) is 11.5. The van der Waals surface area contributed by atoms with Crippen LogP contribution in [-0.4, -0.2) is 25.6 Å². The number of methoxy groups -OCH3 is 1. The first-order chi connectivity index (χ1) is 8.65. The van der Waals surface area contributed by atoms with Gasteiger partial charge >= 0.3 is 0 Å². The zero-order valence-electron chi connectivity index (χ0n) is 10.7. The van der Waals surface area contributed by atoms with E-state index in [1.54, 1.807) is 0 Å². The molecule has 1 saturated carbocycles. The summed E-state index contributed by atoms with van der Waals surface area (Å²) in [5, 5.41) is 2.84. The Morgan fingerprint density at radius 1 is 1.58 bits per heavy atom. The molecule has 1 unspecified atom stereocenters. The average molecular weight is 289 g/mol. The number of hydrogen-bond acceptors (Lipinski definition) is 3. The van der Waals surface area contributed by atoms with E-state index in [1.165, 1.54) is 25.3 Å². The van der Waals surface area contributed by atoms with E-state index in [2.05, 4.69) is 5.32 Å². The lowest BCUT2D eigenvalue weighted by molar-refractivity contribution is 0.0933. The zero-order chi connectivity index (χ0) is 13.1. The van der Waals surface area contributed by atoms with Crippen LogP contribution in [0.2, 0.25) is 0 Å². The van der Waals surface area contributed by atoms with Gasteiger partial charge in [0.15, 0.2) is 11.6 Å². The van der Waals surface area contributed by atoms with E-state index >= 15 is 0 Å². The minimum absolute atomic E-state index is 0. The van der Waals surface area contributed by atoms with Gasteiger partial charge in [0.1, 0.15) is 0 Å². The number of rotatable bonds is 5. The Morgan fingerprint density at radius 2 is 2.26 bits per heavy atom. The summed E-state index contributed by atoms with van der Waals surface area (Å²) in [6, 6.07) is 4.15. The molecule has 0 aromatic heterocycles. The molecule has 0 heterocycles. The summed E-state index contributed by atoms with van der Waals surface area (Å²) in [7, 11) is 1.38. The molecule has 106 valence electrons. The SMILES string of the molecule is COc1ccc(C(=O)NC(CN)C2CC2)cc1F.Cl. The van der Waals surface area contributed by atoms with Crippen molar-refractivity contribution in [3.63, 3.8) is 0 Å². The van der Waals surface area contributed by atoms with Crippen molar-refractivity contribution in [1.82, 2.24) is 5.32 Å². The van der Waals surface area contributed by atoms with Gasteiger partial charge in [-0.15, -0.1) is 12.4 Å². The van der Waals surface area contributed by atoms with Crippen molar-refractivity contribution in [2.75, 3.05) is 13.7 Å². The average Bonchev–Trinajstić information content (AvgIpc) is 3.19. The topological polar surface area (TPSA) is 64.3 Å². The maximum atomic E-state index is 13.5. The lowest BCUT2D eigenvalue weighted by Crippen LogP contribution is -2.41. The maximum Gasteiger partial charge on any atom is 0.251 e. The predicted octanol–water partition coefficient (Wildman–Crippen LogP) is 1.72. The summed E-state index contributed by atoms with van der Waals surface area (Å²) in [6.07, 6.45) is 2.19. The Kier molecular flexibility index (Phi) is 5.57. The third-order valence-corrected chi connectivity index (χ3v) is 3.18. The Balaban J connectivity index is 0.00000180. The van der Waals surface area contributed by atoms with Gasteiger partial charge in [0.2, 0.25) is 0 Å². The molecule has 1 fully saturated rings. The summed E-state index contributed by atoms with van der Waals surface area (Å²) in [4.78, 5) is 11.9. The fourth-order valence-electron chi connectivity index (χ4n) is 1.93. The predicted molar refractivity (Wildman–Crippen MR) is 73.2 cm³/mol. The fourth-order valence-corrected chi connectivity index (χ4v) is 1.93. The summed E-state index contributed by atoms with van der Waals surface area (Å²) < 4.78 is 18.3. The van der Waals surface area contributed by atoms with Crippen LogP contribution in [0.4, 0.5) is 4.39 Å². The Morgan fingerprint density at radius 3 is 2.74 bits per heavy atom. The van der Waals surface area contributed by atoms with Gasteiger partial charge in [-0.25, -0.2) is 4.39 Å². The Hall–Kier alpha value is -1.33. The highest BCUT2D eigenvalue weighted by Crippen LogP contribution is 2.32. The third-order valence-electron chi connectivity index (χ3n) is 3.18. The second kappa shape index (κ2) is 6.73. The van der Waals surface area contributed by atoms with E-state index < -0.39 is 5.82 Å². The monoisotopic (exact) mass is 288 g/mol. The van der Waals surface area contributed by atoms with Gasteiger partial charge in [0.25, 0.3) is 5.91 Å². The van der Waals surface area contributed by atoms with Gasteiger partial charge in [0.05, 0.1) is 7.11 Å². The van der Waals surface area contributed by atoms with Crippen LogP contribution in [0.3, 0.4) is 0 Å². The molecule has 19 heavy (non-hydrogen) atoms. The first kappa shape index (κ1) is 15.7. The van der Waals surface area contributed by atoms with Crippen LogP contribution in [0.15, 0.2) is 18.2 Å². The first-order valence-electron chi connectivity index (χ1n) is 6.00. The number of hydrogen-bond donors (Lipinski definition) is 2. The molecule has 2 rings (SSSR count). The van der Waals surface area contributed by atoms with E-state index in [9.17, 15) is 9.18 Å². The number of carbonyl (C=O) groups is 1. The third kappa shape index (κ3) is 3.81. The van der Waals surface area contributed by atoms with Crippen molar-refractivity contribution in [3.05, 3.63) is 29.6 Å². The standard InChI is InChI=1S/C13H17FN2O2.ClH/c1-18-12-5-4-9(6-10(12)14)13(17)16-11(7-15)8-2-3-8;/h4-6,8,11H,2-3,7,15H2,1H3,(H,16,17);1H. The van der Waals surface area contributed by atoms with Crippen LogP contribution in [0, 0.1) is 11.7 Å². The number of nitrogens with one attached hydrogen (secondary N) is 1. The van der Waals surface area contributed by atoms with Gasteiger partial charge < -0.3 is 15.8 Å². The highest BCUT2D eigenvalue weighted by atomic mass is 35.5. The number of carbonyl (C=O) groups excluding carboxylic acids is 1. The summed E-state index contributed by atoms with van der Waals surface area (Å²) in [5.41, 5.74) is 5.89. The van der Waals surface area contributed by atoms with Gasteiger partial charge in [-0.1, -0.05) is 0 Å². The molecule has 0 spiro atoms. The molecule has 1 aromatic carbocycles. The molecule has 4 nitrogen and oxygen atoms in total. The molecule has 6 heteroatoms. The van der Waals surface area contributed by atoms with E-state index in [0.717, 1.165) is 12.8 Å². The lowest BCUT2D eigenvalue weighted by Gasteiger charge is -2.16. The second-order valence-electron chi connectivity index (χ2n) is 4.50. The quantitative estimate of drug-likeness (QED) is 0.867. The minimum atomic E-state index is -0.541. The van der Waals surface area contributed by atoms with E-state index in [0.29, 0.717) is 12.5 Å². The number of benzene rings is 1. The molecule has 1 aliphatic carbocycles. The van der Waals surface area contributed by atoms with Crippen molar-refractivity contribution >= 4 is 18.3 Å². The van der Waals surface area contributed by atoms with Crippen molar-refractivity contribution < 1.29 is 13.9 Å². The number of halogens is 2. The van der Waals surface area contributed by atoms with Crippen molar-refractivity contribution in [2.45, 2.75) is 18.9 Å². The van der Waals surface area contributed by atoms with E-state index in [1.807, 2.05) is 0 Å².